The molecule has 0 unspecified atom stereocenters. The van der Waals surface area contributed by atoms with Gasteiger partial charge < -0.3 is 0 Å². The van der Waals surface area contributed by atoms with E-state index >= 15 is 0 Å². The van der Waals surface area contributed by atoms with E-state index in [0.29, 0.717) is 0 Å². The van der Waals surface area contributed by atoms with Crippen molar-refractivity contribution < 1.29 is 105 Å². The lowest BCUT2D eigenvalue weighted by Crippen LogP contribution is -2.75. The van der Waals surface area contributed by atoms with Gasteiger partial charge in [0, 0.05) is 6.16 Å². The predicted molar refractivity (Wildman–Crippen MR) is 280 cm³/mol. The van der Waals surface area contributed by atoms with Crippen LogP contribution in [0.4, 0.5) is 105 Å². The number of halogens is 24. The molecule has 0 aliphatic carbocycles. The molecule has 0 radical (unpaired) electrons. The molecule has 28 heteroatoms. The minimum Gasteiger partial charge on any atom is -0.194 e. The monoisotopic (exact) mass is 1280 g/mol. The van der Waals surface area contributed by atoms with Crippen LogP contribution in [0, 0.1) is 0 Å². The summed E-state index contributed by atoms with van der Waals surface area (Å²) in [5, 5.41) is 5.61. The molecular formula is C58H36BF24NP2. The molecule has 1 aliphatic heterocycles. The number of alkyl halides is 24. The fraction of sp³-hybridized carbons (Fsp3) is 0.172. The van der Waals surface area contributed by atoms with E-state index in [2.05, 4.69) is 121 Å². The van der Waals surface area contributed by atoms with Crippen LogP contribution < -0.4 is 43.1 Å². The van der Waals surface area contributed by atoms with Crippen LogP contribution in [-0.4, -0.2) is 18.5 Å². The maximum Gasteiger partial charge on any atom is 0.416 e. The highest BCUT2D eigenvalue weighted by atomic mass is 31.2. The smallest absolute Gasteiger partial charge is 0.194 e. The maximum atomic E-state index is 14.2. The zero-order valence-electron chi connectivity index (χ0n) is 42.9. The van der Waals surface area contributed by atoms with E-state index < -0.39 is 209 Å². The molecule has 9 rings (SSSR count). The summed E-state index contributed by atoms with van der Waals surface area (Å²) < 4.78 is 347. The normalized spacial score (nSPS) is 15.2. The topological polar surface area (TPSA) is 12.4 Å². The molecule has 86 heavy (non-hydrogen) atoms. The summed E-state index contributed by atoms with van der Waals surface area (Å²) in [5.41, 5.74) is -30.2. The molecule has 1 nitrogen and oxygen atoms in total. The standard InChI is InChI=1S/C32H12BF24.C26H24NP2/c34-25(35,36)13-1-14(26(37,38)39)6-21(5-13)33(22-7-15(27(40,41)42)2-16(8-22)28(43,44)45,23-9-17(29(46,47)48)3-18(10-23)30(49,50)51)24-11-19(31(52,53)54)4-20(12-24)32(55,56)57;1-5-13-23(14-6-1)28(24-15-7-2-8-16-24)21-22-29(27-28,25-17-9-3-10-18-25)26-19-11-4-12-20-26/h1-12H;1-20H,21-22H2/q-1;+1. The van der Waals surface area contributed by atoms with Crippen molar-refractivity contribution in [3.63, 3.8) is 0 Å². The molecular weight excluding hydrogens is 1240 g/mol. The molecule has 0 saturated carbocycles. The highest BCUT2D eigenvalue weighted by molar-refractivity contribution is 7.98. The maximum absolute atomic E-state index is 14.2. The van der Waals surface area contributed by atoms with Gasteiger partial charge in [-0.15, -0.1) is 4.52 Å². The van der Waals surface area contributed by atoms with Gasteiger partial charge in [-0.05, 0) is 59.1 Å². The van der Waals surface area contributed by atoms with E-state index in [1.165, 1.54) is 21.2 Å². The van der Waals surface area contributed by atoms with Crippen molar-refractivity contribution in [1.29, 1.82) is 0 Å². The van der Waals surface area contributed by atoms with Crippen molar-refractivity contribution >= 4 is 63.7 Å². The molecule has 8 aromatic rings. The Labute approximate surface area is 472 Å². The van der Waals surface area contributed by atoms with Gasteiger partial charge in [-0.2, -0.15) is 127 Å². The minimum atomic E-state index is -6.13. The molecule has 0 saturated heterocycles. The van der Waals surface area contributed by atoms with Gasteiger partial charge in [-0.25, -0.2) is 0 Å². The summed E-state index contributed by atoms with van der Waals surface area (Å²) in [7, 11) is -3.66. The zero-order valence-corrected chi connectivity index (χ0v) is 44.7. The fourth-order valence-electron chi connectivity index (χ4n) is 10.4. The average molecular weight is 1280 g/mol. The third-order valence-corrected chi connectivity index (χ3v) is 23.4. The average Bonchev–Trinajstić information content (AvgIpc) is 0.970. The van der Waals surface area contributed by atoms with E-state index in [1.54, 1.807) is 0 Å². The molecule has 0 fully saturated rings. The molecule has 0 atom stereocenters. The Hall–Kier alpha value is -7.20. The Morgan fingerprint density at radius 3 is 0.674 bits per heavy atom. The molecule has 1 heterocycles. The van der Waals surface area contributed by atoms with Crippen LogP contribution in [0.25, 0.3) is 0 Å². The lowest BCUT2D eigenvalue weighted by atomic mass is 9.12. The van der Waals surface area contributed by atoms with E-state index in [1.807, 2.05) is 0 Å². The molecule has 454 valence electrons. The molecule has 0 N–H and O–H groups in total. The first-order valence-electron chi connectivity index (χ1n) is 24.7. The van der Waals surface area contributed by atoms with E-state index in [4.69, 9.17) is 4.52 Å². The van der Waals surface area contributed by atoms with Crippen molar-refractivity contribution in [3.8, 4) is 0 Å². The third-order valence-electron chi connectivity index (χ3n) is 14.2. The Morgan fingerprint density at radius 2 is 0.477 bits per heavy atom. The van der Waals surface area contributed by atoms with E-state index in [0.717, 1.165) is 12.3 Å². The van der Waals surface area contributed by atoms with Crippen LogP contribution in [0.5, 0.6) is 0 Å². The SMILES string of the molecule is FC(F)(F)c1cc([B-](c2cc(C(F)(F)F)cc(C(F)(F)F)c2)(c2cc(C(F)(F)F)cc(C(F)(F)F)c2)c2cc(C(F)(F)F)cc(C(F)(F)F)c2)cc(C(F)(F)F)c1.c1ccc(P2(c3ccccc3)=N[P+](c3ccccc3)(c3ccccc3)CC2)cc1. The molecule has 1 aliphatic rings. The van der Waals surface area contributed by atoms with E-state index in [-0.39, 0.29) is 0 Å². The van der Waals surface area contributed by atoms with Gasteiger partial charge in [0.25, 0.3) is 0 Å². The van der Waals surface area contributed by atoms with Crippen LogP contribution in [-0.2, 0) is 49.4 Å². The van der Waals surface area contributed by atoms with Gasteiger partial charge in [-0.1, -0.05) is 146 Å². The number of rotatable bonds is 8. The van der Waals surface area contributed by atoms with Gasteiger partial charge in [-0.3, -0.25) is 0 Å². The molecule has 0 aromatic heterocycles. The van der Waals surface area contributed by atoms with Gasteiger partial charge in [0.15, 0.2) is 7.41 Å². The number of nitrogens with zero attached hydrogens (tertiary/aromatic N) is 1. The van der Waals surface area contributed by atoms with Gasteiger partial charge in [0.05, 0.1) is 57.7 Å². The number of benzene rings is 8. The van der Waals surface area contributed by atoms with Crippen molar-refractivity contribution in [2.75, 3.05) is 12.3 Å². The first-order valence-corrected chi connectivity index (χ1v) is 28.5. The number of hydrogen-bond acceptors (Lipinski definition) is 1. The summed E-state index contributed by atoms with van der Waals surface area (Å²) in [6.45, 7) is 0. The van der Waals surface area contributed by atoms with E-state index in [9.17, 15) is 105 Å². The van der Waals surface area contributed by atoms with Crippen LogP contribution in [0.15, 0.2) is 199 Å². The lowest BCUT2D eigenvalue weighted by Gasteiger charge is -2.46. The predicted octanol–water partition coefficient (Wildman–Crippen LogP) is 16.7. The second kappa shape index (κ2) is 22.8. The Morgan fingerprint density at radius 1 is 0.279 bits per heavy atom. The first-order chi connectivity index (χ1) is 39.6. The summed E-state index contributed by atoms with van der Waals surface area (Å²) in [5.74, 6) is 0. The summed E-state index contributed by atoms with van der Waals surface area (Å²) >= 11 is 0. The quantitative estimate of drug-likeness (QED) is 0.0817. The largest absolute Gasteiger partial charge is 0.416 e. The van der Waals surface area contributed by atoms with Crippen molar-refractivity contribution in [2.24, 2.45) is 4.52 Å². The van der Waals surface area contributed by atoms with Crippen molar-refractivity contribution in [2.45, 2.75) is 49.4 Å². The molecule has 8 aromatic carbocycles. The highest BCUT2D eigenvalue weighted by Gasteiger charge is 2.53. The minimum absolute atomic E-state index is 0.691. The van der Waals surface area contributed by atoms with Crippen molar-refractivity contribution in [1.82, 2.24) is 0 Å². The van der Waals surface area contributed by atoms with Crippen LogP contribution in [0.3, 0.4) is 0 Å². The third kappa shape index (κ3) is 13.4. The van der Waals surface area contributed by atoms with Crippen molar-refractivity contribution in [3.05, 3.63) is 239 Å². The lowest BCUT2D eigenvalue weighted by molar-refractivity contribution is -0.144. The first kappa shape index (κ1) is 64.8. The molecule has 0 bridgehead atoms. The summed E-state index contributed by atoms with van der Waals surface area (Å²) in [6.07, 6.45) is -52.5. The second-order valence-electron chi connectivity index (χ2n) is 19.6. The van der Waals surface area contributed by atoms with Crippen LogP contribution >= 0.6 is 14.5 Å². The van der Waals surface area contributed by atoms with Gasteiger partial charge >= 0.3 is 49.4 Å². The number of hydrogen-bond donors (Lipinski definition) is 0. The second-order valence-corrected chi connectivity index (χ2v) is 26.4. The van der Waals surface area contributed by atoms with Gasteiger partial charge in [0.2, 0.25) is 0 Å². The Balaban J connectivity index is 0.000000274. The summed E-state index contributed by atoms with van der Waals surface area (Å²) in [4.78, 5) is 0. The van der Waals surface area contributed by atoms with Crippen LogP contribution in [0.2, 0.25) is 0 Å². The summed E-state index contributed by atoms with van der Waals surface area (Å²) in [6, 6.07) is 35.3. The molecule has 0 amide bonds. The Kier molecular flexibility index (Phi) is 17.2. The zero-order chi connectivity index (χ0) is 63.5. The molecule has 0 spiro atoms. The Bertz CT molecular complexity index is 3250. The fourth-order valence-corrected chi connectivity index (χ4v) is 21.5. The van der Waals surface area contributed by atoms with Crippen LogP contribution in [0.1, 0.15) is 44.5 Å². The highest BCUT2D eigenvalue weighted by Crippen LogP contribution is 2.73. The van der Waals surface area contributed by atoms with Gasteiger partial charge in [0.1, 0.15) is 16.8 Å².